The normalized spacial score (nSPS) is 20.0. The van der Waals surface area contributed by atoms with Gasteiger partial charge in [-0.1, -0.05) is 6.07 Å². The van der Waals surface area contributed by atoms with Crippen LogP contribution in [-0.2, 0) is 4.79 Å². The van der Waals surface area contributed by atoms with E-state index in [-0.39, 0.29) is 17.7 Å². The number of methoxy groups -OCH3 is 1. The van der Waals surface area contributed by atoms with Crippen LogP contribution in [-0.4, -0.2) is 68.0 Å². The number of carbonyl (C=O) groups is 2. The number of ether oxygens (including phenoxy) is 1. The average molecular weight is 428 g/mol. The van der Waals surface area contributed by atoms with Crippen LogP contribution in [0.5, 0.6) is 5.75 Å². The maximum Gasteiger partial charge on any atom is 0.263 e. The SMILES string of the molecule is COc1ccc(N2CCCN(C(=O)C3CCCN(C(=O)c4cccs4)C3)CC2)cc1. The second kappa shape index (κ2) is 9.51. The highest BCUT2D eigenvalue weighted by Crippen LogP contribution is 2.24. The van der Waals surface area contributed by atoms with Crippen LogP contribution in [0.2, 0.25) is 0 Å². The predicted molar refractivity (Wildman–Crippen MR) is 119 cm³/mol. The first kappa shape index (κ1) is 20.7. The zero-order chi connectivity index (χ0) is 20.9. The smallest absolute Gasteiger partial charge is 0.263 e. The van der Waals surface area contributed by atoms with Crippen molar-refractivity contribution in [1.82, 2.24) is 9.80 Å². The molecule has 1 unspecified atom stereocenters. The Morgan fingerprint density at radius 1 is 0.967 bits per heavy atom. The first-order chi connectivity index (χ1) is 14.7. The van der Waals surface area contributed by atoms with Crippen LogP contribution >= 0.6 is 11.3 Å². The second-order valence-electron chi connectivity index (χ2n) is 7.93. The van der Waals surface area contributed by atoms with Crippen molar-refractivity contribution in [2.75, 3.05) is 51.3 Å². The summed E-state index contributed by atoms with van der Waals surface area (Å²) in [5.74, 6) is 1.03. The molecule has 0 saturated carbocycles. The van der Waals surface area contributed by atoms with Gasteiger partial charge in [-0.2, -0.15) is 0 Å². The standard InChI is InChI=1S/C23H29N3O3S/c1-29-20-9-7-19(8-10-20)24-12-4-13-25(15-14-24)22(27)18-5-2-11-26(17-18)23(28)21-6-3-16-30-21/h3,6-10,16,18H,2,4-5,11-15,17H2,1H3. The molecule has 2 aliphatic heterocycles. The van der Waals surface area contributed by atoms with E-state index in [4.69, 9.17) is 4.74 Å². The highest BCUT2D eigenvalue weighted by Gasteiger charge is 2.32. The molecule has 2 aromatic rings. The minimum Gasteiger partial charge on any atom is -0.497 e. The summed E-state index contributed by atoms with van der Waals surface area (Å²) in [7, 11) is 1.67. The van der Waals surface area contributed by atoms with Gasteiger partial charge in [-0.3, -0.25) is 9.59 Å². The molecular formula is C23H29N3O3S. The van der Waals surface area contributed by atoms with Crippen LogP contribution < -0.4 is 9.64 Å². The summed E-state index contributed by atoms with van der Waals surface area (Å²) in [4.78, 5) is 32.9. The van der Waals surface area contributed by atoms with Crippen LogP contribution in [0.4, 0.5) is 5.69 Å². The van der Waals surface area contributed by atoms with Gasteiger partial charge in [0.25, 0.3) is 5.91 Å². The molecule has 2 saturated heterocycles. The van der Waals surface area contributed by atoms with E-state index in [2.05, 4.69) is 17.0 Å². The van der Waals surface area contributed by atoms with E-state index in [9.17, 15) is 9.59 Å². The van der Waals surface area contributed by atoms with Crippen LogP contribution in [0.3, 0.4) is 0 Å². The van der Waals surface area contributed by atoms with Gasteiger partial charge in [-0.05, 0) is 55.0 Å². The molecule has 3 heterocycles. The summed E-state index contributed by atoms with van der Waals surface area (Å²) in [6, 6.07) is 11.9. The first-order valence-corrected chi connectivity index (χ1v) is 11.5. The zero-order valence-electron chi connectivity index (χ0n) is 17.5. The third-order valence-corrected chi connectivity index (χ3v) is 6.89. The summed E-state index contributed by atoms with van der Waals surface area (Å²) in [6.45, 7) is 4.54. The summed E-state index contributed by atoms with van der Waals surface area (Å²) >= 11 is 1.47. The predicted octanol–water partition coefficient (Wildman–Crippen LogP) is 3.35. The lowest BCUT2D eigenvalue weighted by molar-refractivity contribution is -0.136. The number of hydrogen-bond acceptors (Lipinski definition) is 5. The fraction of sp³-hybridized carbons (Fsp3) is 0.478. The monoisotopic (exact) mass is 427 g/mol. The molecule has 1 aromatic heterocycles. The third kappa shape index (κ3) is 4.61. The lowest BCUT2D eigenvalue weighted by Gasteiger charge is -2.34. The van der Waals surface area contributed by atoms with E-state index in [1.54, 1.807) is 7.11 Å². The third-order valence-electron chi connectivity index (χ3n) is 6.03. The van der Waals surface area contributed by atoms with Crippen molar-refractivity contribution in [2.45, 2.75) is 19.3 Å². The Morgan fingerprint density at radius 2 is 1.77 bits per heavy atom. The van der Waals surface area contributed by atoms with Crippen LogP contribution in [0.1, 0.15) is 28.9 Å². The molecule has 160 valence electrons. The van der Waals surface area contributed by atoms with Crippen molar-refractivity contribution in [3.8, 4) is 5.75 Å². The van der Waals surface area contributed by atoms with E-state index in [0.717, 1.165) is 68.3 Å². The first-order valence-electron chi connectivity index (χ1n) is 10.7. The Balaban J connectivity index is 1.35. The molecule has 2 aliphatic rings. The summed E-state index contributed by atoms with van der Waals surface area (Å²) in [5, 5.41) is 1.92. The number of thiophene rings is 1. The van der Waals surface area contributed by atoms with E-state index >= 15 is 0 Å². The Labute approximate surface area is 182 Å². The number of amides is 2. The zero-order valence-corrected chi connectivity index (χ0v) is 18.3. The number of carbonyl (C=O) groups excluding carboxylic acids is 2. The van der Waals surface area contributed by atoms with Crippen molar-refractivity contribution in [2.24, 2.45) is 5.92 Å². The molecule has 7 heteroatoms. The van der Waals surface area contributed by atoms with Crippen molar-refractivity contribution >= 4 is 28.8 Å². The second-order valence-corrected chi connectivity index (χ2v) is 8.88. The molecule has 1 atom stereocenters. The lowest BCUT2D eigenvalue weighted by Crippen LogP contribution is -2.47. The fourth-order valence-electron chi connectivity index (χ4n) is 4.37. The number of likely N-dealkylation sites (tertiary alicyclic amines) is 1. The van der Waals surface area contributed by atoms with Gasteiger partial charge < -0.3 is 19.4 Å². The summed E-state index contributed by atoms with van der Waals surface area (Å²) < 4.78 is 5.25. The maximum absolute atomic E-state index is 13.2. The van der Waals surface area contributed by atoms with Gasteiger partial charge >= 0.3 is 0 Å². The molecule has 4 rings (SSSR count). The molecule has 2 fully saturated rings. The quantitative estimate of drug-likeness (QED) is 0.751. The van der Waals surface area contributed by atoms with Gasteiger partial charge in [0.15, 0.2) is 0 Å². The highest BCUT2D eigenvalue weighted by atomic mass is 32.1. The summed E-state index contributed by atoms with van der Waals surface area (Å²) in [6.07, 6.45) is 2.70. The topological polar surface area (TPSA) is 53.1 Å². The molecule has 0 radical (unpaired) electrons. The van der Waals surface area contributed by atoms with Gasteiger partial charge in [-0.25, -0.2) is 0 Å². The largest absolute Gasteiger partial charge is 0.497 e. The Bertz CT molecular complexity index is 853. The van der Waals surface area contributed by atoms with Gasteiger partial charge in [0.1, 0.15) is 5.75 Å². The van der Waals surface area contributed by atoms with E-state index in [1.807, 2.05) is 39.4 Å². The molecule has 6 nitrogen and oxygen atoms in total. The van der Waals surface area contributed by atoms with Gasteiger partial charge in [-0.15, -0.1) is 11.3 Å². The maximum atomic E-state index is 13.2. The molecule has 0 spiro atoms. The highest BCUT2D eigenvalue weighted by molar-refractivity contribution is 7.12. The van der Waals surface area contributed by atoms with Crippen molar-refractivity contribution < 1.29 is 14.3 Å². The van der Waals surface area contributed by atoms with E-state index in [0.29, 0.717) is 6.54 Å². The Hall–Kier alpha value is -2.54. The van der Waals surface area contributed by atoms with Crippen LogP contribution in [0.15, 0.2) is 41.8 Å². The fourth-order valence-corrected chi connectivity index (χ4v) is 5.06. The van der Waals surface area contributed by atoms with Crippen molar-refractivity contribution in [3.05, 3.63) is 46.7 Å². The van der Waals surface area contributed by atoms with Gasteiger partial charge in [0.05, 0.1) is 17.9 Å². The molecule has 0 bridgehead atoms. The van der Waals surface area contributed by atoms with E-state index < -0.39 is 0 Å². The molecule has 0 aliphatic carbocycles. The molecular weight excluding hydrogens is 398 g/mol. The number of benzene rings is 1. The molecule has 2 amide bonds. The Morgan fingerprint density at radius 3 is 2.50 bits per heavy atom. The van der Waals surface area contributed by atoms with Crippen LogP contribution in [0, 0.1) is 5.92 Å². The molecule has 1 aromatic carbocycles. The number of rotatable bonds is 4. The minimum atomic E-state index is -0.0878. The van der Waals surface area contributed by atoms with Gasteiger partial charge in [0.2, 0.25) is 5.91 Å². The van der Waals surface area contributed by atoms with Gasteiger partial charge in [0, 0.05) is 45.0 Å². The lowest BCUT2D eigenvalue weighted by atomic mass is 9.96. The Kier molecular flexibility index (Phi) is 6.57. The number of hydrogen-bond donors (Lipinski definition) is 0. The minimum absolute atomic E-state index is 0.0593. The number of nitrogens with zero attached hydrogens (tertiary/aromatic N) is 3. The molecule has 30 heavy (non-hydrogen) atoms. The van der Waals surface area contributed by atoms with Crippen molar-refractivity contribution in [1.29, 1.82) is 0 Å². The number of anilines is 1. The van der Waals surface area contributed by atoms with E-state index in [1.165, 1.54) is 11.3 Å². The van der Waals surface area contributed by atoms with Crippen LogP contribution in [0.25, 0.3) is 0 Å². The summed E-state index contributed by atoms with van der Waals surface area (Å²) in [5.41, 5.74) is 1.16. The molecule has 0 N–H and O–H groups in total. The average Bonchev–Trinajstić information content (AvgIpc) is 3.23. The van der Waals surface area contributed by atoms with Crippen molar-refractivity contribution in [3.63, 3.8) is 0 Å². The number of piperidine rings is 1.